The molecule has 0 saturated carbocycles. The zero-order chi connectivity index (χ0) is 20.4. The average Bonchev–Trinajstić information content (AvgIpc) is 2.56. The van der Waals surface area contributed by atoms with Gasteiger partial charge in [-0.1, -0.05) is 22.0 Å². The second-order valence-corrected chi connectivity index (χ2v) is 8.67. The Morgan fingerprint density at radius 3 is 2.37 bits per heavy atom. The summed E-state index contributed by atoms with van der Waals surface area (Å²) in [6.07, 6.45) is 0. The number of primary sulfonamides is 1. The van der Waals surface area contributed by atoms with Crippen molar-refractivity contribution in [3.05, 3.63) is 57.6 Å². The zero-order valence-electron chi connectivity index (χ0n) is 15.1. The van der Waals surface area contributed by atoms with E-state index in [1.54, 1.807) is 19.1 Å². The van der Waals surface area contributed by atoms with E-state index < -0.39 is 15.9 Å². The van der Waals surface area contributed by atoms with Crippen LogP contribution in [0.4, 0.5) is 5.69 Å². The van der Waals surface area contributed by atoms with Crippen LogP contribution in [0.15, 0.2) is 45.8 Å². The molecule has 0 heterocycles. The predicted octanol–water partition coefficient (Wildman–Crippen LogP) is 2.42. The standard InChI is InChI=1S/C18H20BrN3O4S/c1-11-4-6-14(27(20,25)26)9-15(11)18(24)22(3)10-17(23)21-16-7-5-13(19)8-12(16)2/h4-9H,10H2,1-3H3,(H,21,23)(H2,20,25,26). The summed E-state index contributed by atoms with van der Waals surface area (Å²) in [7, 11) is -2.46. The second kappa shape index (κ2) is 8.20. The van der Waals surface area contributed by atoms with Crippen molar-refractivity contribution < 1.29 is 18.0 Å². The molecule has 0 saturated heterocycles. The molecule has 0 aliphatic rings. The van der Waals surface area contributed by atoms with Crippen LogP contribution in [0.1, 0.15) is 21.5 Å². The van der Waals surface area contributed by atoms with Gasteiger partial charge in [-0.2, -0.15) is 0 Å². The van der Waals surface area contributed by atoms with E-state index in [0.717, 1.165) is 10.0 Å². The number of amides is 2. The number of halogens is 1. The van der Waals surface area contributed by atoms with Crippen LogP contribution in [0.2, 0.25) is 0 Å². The van der Waals surface area contributed by atoms with E-state index in [2.05, 4.69) is 21.2 Å². The Kier molecular flexibility index (Phi) is 6.40. The van der Waals surface area contributed by atoms with Gasteiger partial charge in [-0.05, 0) is 55.3 Å². The minimum Gasteiger partial charge on any atom is -0.332 e. The Hall–Kier alpha value is -2.23. The highest BCUT2D eigenvalue weighted by molar-refractivity contribution is 9.10. The van der Waals surface area contributed by atoms with Gasteiger partial charge in [-0.15, -0.1) is 0 Å². The second-order valence-electron chi connectivity index (χ2n) is 6.19. The van der Waals surface area contributed by atoms with Gasteiger partial charge in [-0.3, -0.25) is 9.59 Å². The number of nitrogens with two attached hydrogens (primary N) is 1. The normalized spacial score (nSPS) is 11.1. The van der Waals surface area contributed by atoms with Crippen molar-refractivity contribution in [2.75, 3.05) is 18.9 Å². The molecule has 3 N–H and O–H groups in total. The third kappa shape index (κ3) is 5.38. The van der Waals surface area contributed by atoms with Crippen LogP contribution >= 0.6 is 15.9 Å². The van der Waals surface area contributed by atoms with E-state index in [9.17, 15) is 18.0 Å². The van der Waals surface area contributed by atoms with Crippen LogP contribution in [-0.2, 0) is 14.8 Å². The largest absolute Gasteiger partial charge is 0.332 e. The average molecular weight is 454 g/mol. The molecule has 9 heteroatoms. The van der Waals surface area contributed by atoms with Crippen molar-refractivity contribution in [3.63, 3.8) is 0 Å². The molecule has 0 aliphatic carbocycles. The molecule has 2 rings (SSSR count). The van der Waals surface area contributed by atoms with Crippen LogP contribution in [0, 0.1) is 13.8 Å². The van der Waals surface area contributed by atoms with Crippen molar-refractivity contribution >= 4 is 43.5 Å². The van der Waals surface area contributed by atoms with Crippen LogP contribution in [-0.4, -0.2) is 38.7 Å². The maximum Gasteiger partial charge on any atom is 0.254 e. The van der Waals surface area contributed by atoms with Crippen LogP contribution in [0.3, 0.4) is 0 Å². The summed E-state index contributed by atoms with van der Waals surface area (Å²) >= 11 is 3.36. The fourth-order valence-corrected chi connectivity index (χ4v) is 3.47. The highest BCUT2D eigenvalue weighted by atomic mass is 79.9. The van der Waals surface area contributed by atoms with E-state index >= 15 is 0 Å². The highest BCUT2D eigenvalue weighted by Gasteiger charge is 2.20. The fraction of sp³-hybridized carbons (Fsp3) is 0.222. The smallest absolute Gasteiger partial charge is 0.254 e. The van der Waals surface area contributed by atoms with Gasteiger partial charge < -0.3 is 10.2 Å². The quantitative estimate of drug-likeness (QED) is 0.723. The summed E-state index contributed by atoms with van der Waals surface area (Å²) < 4.78 is 23.9. The molecule has 144 valence electrons. The Morgan fingerprint density at radius 2 is 1.78 bits per heavy atom. The van der Waals surface area contributed by atoms with E-state index in [1.165, 1.54) is 30.1 Å². The van der Waals surface area contributed by atoms with Gasteiger partial charge in [0.2, 0.25) is 15.9 Å². The first-order valence-corrected chi connectivity index (χ1v) is 10.3. The number of hydrogen-bond acceptors (Lipinski definition) is 4. The Bertz CT molecular complexity index is 1010. The molecule has 0 spiro atoms. The summed E-state index contributed by atoms with van der Waals surface area (Å²) in [5, 5.41) is 7.88. The lowest BCUT2D eigenvalue weighted by molar-refractivity contribution is -0.116. The maximum atomic E-state index is 12.6. The molecule has 2 aromatic rings. The molecule has 2 amide bonds. The van der Waals surface area contributed by atoms with Crippen LogP contribution in [0.25, 0.3) is 0 Å². The van der Waals surface area contributed by atoms with Crippen molar-refractivity contribution in [1.29, 1.82) is 0 Å². The minimum atomic E-state index is -3.93. The third-order valence-corrected chi connectivity index (χ3v) is 5.36. The first kappa shape index (κ1) is 21.1. The molecular formula is C18H20BrN3O4S. The molecule has 0 aromatic heterocycles. The monoisotopic (exact) mass is 453 g/mol. The summed E-state index contributed by atoms with van der Waals surface area (Å²) in [6, 6.07) is 9.50. The van der Waals surface area contributed by atoms with Gasteiger partial charge in [-0.25, -0.2) is 13.6 Å². The number of benzene rings is 2. The van der Waals surface area contributed by atoms with E-state index in [-0.39, 0.29) is 22.9 Å². The summed E-state index contributed by atoms with van der Waals surface area (Å²) in [5.74, 6) is -0.836. The predicted molar refractivity (Wildman–Crippen MR) is 107 cm³/mol. The van der Waals surface area contributed by atoms with E-state index in [1.807, 2.05) is 13.0 Å². The summed E-state index contributed by atoms with van der Waals surface area (Å²) in [6.45, 7) is 3.35. The van der Waals surface area contributed by atoms with Crippen molar-refractivity contribution in [3.8, 4) is 0 Å². The molecule has 0 fully saturated rings. The number of nitrogens with zero attached hydrogens (tertiary/aromatic N) is 1. The lowest BCUT2D eigenvalue weighted by atomic mass is 10.1. The number of sulfonamides is 1. The topological polar surface area (TPSA) is 110 Å². The Labute approximate surface area is 166 Å². The number of nitrogens with one attached hydrogen (secondary N) is 1. The van der Waals surface area contributed by atoms with Gasteiger partial charge in [0.05, 0.1) is 11.4 Å². The number of hydrogen-bond donors (Lipinski definition) is 2. The van der Waals surface area contributed by atoms with Crippen molar-refractivity contribution in [2.45, 2.75) is 18.7 Å². The van der Waals surface area contributed by atoms with E-state index in [0.29, 0.717) is 11.3 Å². The van der Waals surface area contributed by atoms with Gasteiger partial charge in [0, 0.05) is 22.8 Å². The number of aryl methyl sites for hydroxylation is 2. The highest BCUT2D eigenvalue weighted by Crippen LogP contribution is 2.20. The maximum absolute atomic E-state index is 12.6. The van der Waals surface area contributed by atoms with Crippen LogP contribution in [0.5, 0.6) is 0 Å². The number of rotatable bonds is 5. The van der Waals surface area contributed by atoms with Gasteiger partial charge >= 0.3 is 0 Å². The Balaban J connectivity index is 2.14. The number of carbonyl (C=O) groups is 2. The molecule has 0 aliphatic heterocycles. The van der Waals surface area contributed by atoms with Gasteiger partial charge in [0.1, 0.15) is 0 Å². The summed E-state index contributed by atoms with van der Waals surface area (Å²) in [4.78, 5) is 26.0. The zero-order valence-corrected chi connectivity index (χ0v) is 17.5. The first-order chi connectivity index (χ1) is 12.5. The van der Waals surface area contributed by atoms with Crippen molar-refractivity contribution in [2.24, 2.45) is 5.14 Å². The van der Waals surface area contributed by atoms with Crippen molar-refractivity contribution in [1.82, 2.24) is 4.90 Å². The SMILES string of the molecule is Cc1cc(Br)ccc1NC(=O)CN(C)C(=O)c1cc(S(N)(=O)=O)ccc1C. The molecule has 27 heavy (non-hydrogen) atoms. The van der Waals surface area contributed by atoms with Gasteiger partial charge in [0.15, 0.2) is 0 Å². The van der Waals surface area contributed by atoms with E-state index in [4.69, 9.17) is 5.14 Å². The molecule has 0 bridgehead atoms. The third-order valence-electron chi connectivity index (χ3n) is 3.96. The molecule has 2 aromatic carbocycles. The molecule has 0 unspecified atom stereocenters. The summed E-state index contributed by atoms with van der Waals surface area (Å²) in [5.41, 5.74) is 2.29. The lowest BCUT2D eigenvalue weighted by Crippen LogP contribution is -2.35. The van der Waals surface area contributed by atoms with Gasteiger partial charge in [0.25, 0.3) is 5.91 Å². The number of anilines is 1. The van der Waals surface area contributed by atoms with Crippen LogP contribution < -0.4 is 10.5 Å². The molecular weight excluding hydrogens is 434 g/mol. The molecule has 7 nitrogen and oxygen atoms in total. The minimum absolute atomic E-state index is 0.153. The number of likely N-dealkylation sites (N-methyl/N-ethyl adjacent to an activating group) is 1. The first-order valence-electron chi connectivity index (χ1n) is 7.94. The Morgan fingerprint density at radius 1 is 1.11 bits per heavy atom. The lowest BCUT2D eigenvalue weighted by Gasteiger charge is -2.19. The number of carbonyl (C=O) groups excluding carboxylic acids is 2. The fourth-order valence-electron chi connectivity index (χ4n) is 2.46. The molecule has 0 radical (unpaired) electrons. The molecule has 0 atom stereocenters.